The lowest BCUT2D eigenvalue weighted by molar-refractivity contribution is -0.385. The van der Waals surface area contributed by atoms with E-state index in [0.717, 1.165) is 5.69 Å². The first kappa shape index (κ1) is 20.3. The molecule has 0 saturated carbocycles. The molecule has 0 atom stereocenters. The van der Waals surface area contributed by atoms with Gasteiger partial charge in [0.25, 0.3) is 11.6 Å². The van der Waals surface area contributed by atoms with E-state index in [1.165, 1.54) is 18.2 Å². The van der Waals surface area contributed by atoms with Gasteiger partial charge in [-0.15, -0.1) is 0 Å². The SMILES string of the molecule is CC(C)C(=O)N1CCN(c2ccccc2NC(=O)c2ccccc2[N+](=O)[O-])CC1. The van der Waals surface area contributed by atoms with Crippen molar-refractivity contribution in [3.8, 4) is 0 Å². The van der Waals surface area contributed by atoms with Gasteiger partial charge in [0.1, 0.15) is 5.56 Å². The van der Waals surface area contributed by atoms with E-state index in [1.54, 1.807) is 18.2 Å². The Morgan fingerprint density at radius 3 is 2.28 bits per heavy atom. The molecule has 29 heavy (non-hydrogen) atoms. The quantitative estimate of drug-likeness (QED) is 0.619. The summed E-state index contributed by atoms with van der Waals surface area (Å²) in [5, 5.41) is 14.0. The van der Waals surface area contributed by atoms with Gasteiger partial charge in [0, 0.05) is 38.2 Å². The molecule has 1 saturated heterocycles. The Hall–Kier alpha value is -3.42. The smallest absolute Gasteiger partial charge is 0.282 e. The van der Waals surface area contributed by atoms with Gasteiger partial charge in [-0.25, -0.2) is 0 Å². The summed E-state index contributed by atoms with van der Waals surface area (Å²) >= 11 is 0. The standard InChI is InChI=1S/C21H24N4O4/c1-15(2)21(27)24-13-11-23(12-14-24)19-10-6-4-8-17(19)22-20(26)16-7-3-5-9-18(16)25(28)29/h3-10,15H,11-14H2,1-2H3,(H,22,26). The van der Waals surface area contributed by atoms with Crippen LogP contribution in [0.4, 0.5) is 17.1 Å². The molecule has 1 aliphatic rings. The Morgan fingerprint density at radius 2 is 1.62 bits per heavy atom. The van der Waals surface area contributed by atoms with Gasteiger partial charge in [-0.05, 0) is 18.2 Å². The highest BCUT2D eigenvalue weighted by Crippen LogP contribution is 2.28. The molecule has 2 aromatic carbocycles. The Kier molecular flexibility index (Phi) is 6.11. The number of nitro groups is 1. The number of anilines is 2. The molecule has 152 valence electrons. The summed E-state index contributed by atoms with van der Waals surface area (Å²) in [5.74, 6) is -0.421. The molecule has 1 fully saturated rings. The number of carbonyl (C=O) groups excluding carboxylic acids is 2. The normalized spacial score (nSPS) is 14.0. The topological polar surface area (TPSA) is 95.8 Å². The second-order valence-corrected chi connectivity index (χ2v) is 7.21. The van der Waals surface area contributed by atoms with Crippen LogP contribution >= 0.6 is 0 Å². The zero-order valence-electron chi connectivity index (χ0n) is 16.5. The van der Waals surface area contributed by atoms with Crippen molar-refractivity contribution in [2.45, 2.75) is 13.8 Å². The Balaban J connectivity index is 1.76. The Labute approximate surface area is 169 Å². The molecule has 1 N–H and O–H groups in total. The third kappa shape index (κ3) is 4.53. The third-order valence-corrected chi connectivity index (χ3v) is 4.92. The van der Waals surface area contributed by atoms with Crippen molar-refractivity contribution in [3.63, 3.8) is 0 Å². The van der Waals surface area contributed by atoms with Gasteiger partial charge >= 0.3 is 0 Å². The second kappa shape index (κ2) is 8.72. The van der Waals surface area contributed by atoms with Crippen LogP contribution in [0, 0.1) is 16.0 Å². The minimum Gasteiger partial charge on any atom is -0.366 e. The van der Waals surface area contributed by atoms with Crippen molar-refractivity contribution in [2.24, 2.45) is 5.92 Å². The van der Waals surface area contributed by atoms with Crippen molar-refractivity contribution in [2.75, 3.05) is 36.4 Å². The van der Waals surface area contributed by atoms with Gasteiger partial charge in [0.15, 0.2) is 0 Å². The van der Waals surface area contributed by atoms with E-state index in [0.29, 0.717) is 31.9 Å². The monoisotopic (exact) mass is 396 g/mol. The van der Waals surface area contributed by atoms with Crippen LogP contribution in [-0.2, 0) is 4.79 Å². The summed E-state index contributed by atoms with van der Waals surface area (Å²) in [6.07, 6.45) is 0. The van der Waals surface area contributed by atoms with Crippen molar-refractivity contribution in [3.05, 3.63) is 64.2 Å². The van der Waals surface area contributed by atoms with Gasteiger partial charge in [-0.2, -0.15) is 0 Å². The lowest BCUT2D eigenvalue weighted by atomic mass is 10.1. The van der Waals surface area contributed by atoms with Crippen LogP contribution in [0.15, 0.2) is 48.5 Å². The van der Waals surface area contributed by atoms with Gasteiger partial charge in [0.05, 0.1) is 16.3 Å². The summed E-state index contributed by atoms with van der Waals surface area (Å²) in [4.78, 5) is 39.5. The van der Waals surface area contributed by atoms with Crippen LogP contribution in [0.25, 0.3) is 0 Å². The third-order valence-electron chi connectivity index (χ3n) is 4.92. The maximum Gasteiger partial charge on any atom is 0.282 e. The molecule has 2 aromatic rings. The maximum atomic E-state index is 12.7. The number of hydrogen-bond acceptors (Lipinski definition) is 5. The van der Waals surface area contributed by atoms with E-state index in [9.17, 15) is 19.7 Å². The van der Waals surface area contributed by atoms with E-state index in [2.05, 4.69) is 10.2 Å². The van der Waals surface area contributed by atoms with Crippen molar-refractivity contribution >= 4 is 28.9 Å². The van der Waals surface area contributed by atoms with E-state index < -0.39 is 10.8 Å². The predicted octanol–water partition coefficient (Wildman–Crippen LogP) is 3.15. The number of benzene rings is 2. The fourth-order valence-electron chi connectivity index (χ4n) is 3.40. The summed E-state index contributed by atoms with van der Waals surface area (Å²) in [5.41, 5.74) is 1.19. The van der Waals surface area contributed by atoms with Crippen LogP contribution in [-0.4, -0.2) is 47.8 Å². The first-order chi connectivity index (χ1) is 13.9. The van der Waals surface area contributed by atoms with E-state index in [4.69, 9.17) is 0 Å². The lowest BCUT2D eigenvalue weighted by Crippen LogP contribution is -2.50. The average Bonchev–Trinajstić information content (AvgIpc) is 2.73. The average molecular weight is 396 g/mol. The first-order valence-electron chi connectivity index (χ1n) is 9.56. The molecule has 8 heteroatoms. The number of piperazine rings is 1. The van der Waals surface area contributed by atoms with Gasteiger partial charge < -0.3 is 15.1 Å². The van der Waals surface area contributed by atoms with Gasteiger partial charge in [0.2, 0.25) is 5.91 Å². The summed E-state index contributed by atoms with van der Waals surface area (Å²) in [7, 11) is 0. The largest absolute Gasteiger partial charge is 0.366 e. The molecule has 0 unspecified atom stereocenters. The minimum absolute atomic E-state index is 0.0136. The molecule has 1 aliphatic heterocycles. The maximum absolute atomic E-state index is 12.7. The number of rotatable bonds is 5. The van der Waals surface area contributed by atoms with E-state index >= 15 is 0 Å². The number of carbonyl (C=O) groups is 2. The predicted molar refractivity (Wildman–Crippen MR) is 111 cm³/mol. The molecular formula is C21H24N4O4. The van der Waals surface area contributed by atoms with Crippen LogP contribution in [0.1, 0.15) is 24.2 Å². The van der Waals surface area contributed by atoms with Crippen molar-refractivity contribution in [1.29, 1.82) is 0 Å². The summed E-state index contributed by atoms with van der Waals surface area (Å²) in [6, 6.07) is 13.2. The highest BCUT2D eigenvalue weighted by molar-refractivity contribution is 6.08. The molecule has 1 heterocycles. The molecular weight excluding hydrogens is 372 g/mol. The molecule has 0 bridgehead atoms. The number of amides is 2. The number of hydrogen-bond donors (Lipinski definition) is 1. The highest BCUT2D eigenvalue weighted by atomic mass is 16.6. The highest BCUT2D eigenvalue weighted by Gasteiger charge is 2.25. The Morgan fingerprint density at radius 1 is 1.00 bits per heavy atom. The molecule has 8 nitrogen and oxygen atoms in total. The fourth-order valence-corrected chi connectivity index (χ4v) is 3.40. The van der Waals surface area contributed by atoms with Crippen molar-refractivity contribution < 1.29 is 14.5 Å². The summed E-state index contributed by atoms with van der Waals surface area (Å²) in [6.45, 7) is 6.31. The molecule has 0 aromatic heterocycles. The van der Waals surface area contributed by atoms with Crippen LogP contribution in [0.3, 0.4) is 0 Å². The van der Waals surface area contributed by atoms with E-state index in [-0.39, 0.29) is 23.1 Å². The van der Waals surface area contributed by atoms with Crippen LogP contribution in [0.2, 0.25) is 0 Å². The molecule has 2 amide bonds. The van der Waals surface area contributed by atoms with Crippen LogP contribution < -0.4 is 10.2 Å². The fraction of sp³-hybridized carbons (Fsp3) is 0.333. The van der Waals surface area contributed by atoms with Gasteiger partial charge in [-0.1, -0.05) is 38.1 Å². The second-order valence-electron chi connectivity index (χ2n) is 7.21. The molecule has 0 aliphatic carbocycles. The molecule has 3 rings (SSSR count). The zero-order chi connectivity index (χ0) is 21.0. The molecule has 0 radical (unpaired) electrons. The zero-order valence-corrected chi connectivity index (χ0v) is 16.5. The first-order valence-corrected chi connectivity index (χ1v) is 9.56. The Bertz CT molecular complexity index is 920. The number of nitrogens with one attached hydrogen (secondary N) is 1. The van der Waals surface area contributed by atoms with Gasteiger partial charge in [-0.3, -0.25) is 19.7 Å². The lowest BCUT2D eigenvalue weighted by Gasteiger charge is -2.37. The van der Waals surface area contributed by atoms with Crippen LogP contribution in [0.5, 0.6) is 0 Å². The number of nitrogens with zero attached hydrogens (tertiary/aromatic N) is 3. The molecule has 0 spiro atoms. The van der Waals surface area contributed by atoms with Crippen molar-refractivity contribution in [1.82, 2.24) is 4.90 Å². The summed E-state index contributed by atoms with van der Waals surface area (Å²) < 4.78 is 0. The minimum atomic E-state index is -0.564. The van der Waals surface area contributed by atoms with E-state index in [1.807, 2.05) is 30.9 Å². The number of para-hydroxylation sites is 3. The number of nitro benzene ring substituents is 1.